The summed E-state index contributed by atoms with van der Waals surface area (Å²) in [7, 11) is 0. The van der Waals surface area contributed by atoms with Crippen LogP contribution < -0.4 is 4.74 Å². The zero-order chi connectivity index (χ0) is 12.7. The van der Waals surface area contributed by atoms with Crippen LogP contribution >= 0.6 is 31.9 Å². The van der Waals surface area contributed by atoms with E-state index in [1.54, 1.807) is 6.92 Å². The second-order valence-corrected chi connectivity index (χ2v) is 4.53. The van der Waals surface area contributed by atoms with E-state index in [9.17, 15) is 4.79 Å². The van der Waals surface area contributed by atoms with Gasteiger partial charge in [0, 0.05) is 4.47 Å². The number of benzene rings is 1. The number of allylic oxidation sites excluding steroid dienone is 1. The van der Waals surface area contributed by atoms with Gasteiger partial charge in [-0.2, -0.15) is 0 Å². The summed E-state index contributed by atoms with van der Waals surface area (Å²) in [5.74, 6) is 0.757. The predicted octanol–water partition coefficient (Wildman–Crippen LogP) is 3.67. The molecule has 1 aromatic carbocycles. The molecule has 0 aliphatic rings. The third-order valence-electron chi connectivity index (χ3n) is 1.74. The van der Waals surface area contributed by atoms with E-state index in [1.807, 2.05) is 24.3 Å². The molecule has 0 saturated heterocycles. The molecule has 0 bridgehead atoms. The van der Waals surface area contributed by atoms with Gasteiger partial charge in [0.15, 0.2) is 0 Å². The monoisotopic (exact) mass is 362 g/mol. The Morgan fingerprint density at radius 3 is 2.82 bits per heavy atom. The van der Waals surface area contributed by atoms with Crippen molar-refractivity contribution in [2.45, 2.75) is 6.92 Å². The van der Waals surface area contributed by atoms with Crippen LogP contribution in [0.3, 0.4) is 0 Å². The van der Waals surface area contributed by atoms with Gasteiger partial charge in [0.05, 0.1) is 18.0 Å². The van der Waals surface area contributed by atoms with Crippen LogP contribution in [-0.4, -0.2) is 17.9 Å². The van der Waals surface area contributed by atoms with Gasteiger partial charge in [-0.15, -0.1) is 0 Å². The largest absolute Gasteiger partial charge is 0.463 e. The number of carbonyl (C=O) groups excluding carboxylic acids is 1. The fourth-order valence-electron chi connectivity index (χ4n) is 1.09. The SMILES string of the molecule is CCOC(=O)C=C(CBr)Oc1cccc(Br)c1. The van der Waals surface area contributed by atoms with E-state index >= 15 is 0 Å². The molecule has 3 nitrogen and oxygen atoms in total. The quantitative estimate of drug-likeness (QED) is 0.346. The molecule has 0 aliphatic carbocycles. The summed E-state index contributed by atoms with van der Waals surface area (Å²) >= 11 is 6.61. The Balaban J connectivity index is 2.73. The second kappa shape index (κ2) is 7.50. The number of esters is 1. The first-order valence-corrected chi connectivity index (χ1v) is 6.94. The Morgan fingerprint density at radius 2 is 2.24 bits per heavy atom. The van der Waals surface area contributed by atoms with Crippen LogP contribution in [0.1, 0.15) is 6.92 Å². The molecule has 0 aliphatic heterocycles. The number of hydrogen-bond donors (Lipinski definition) is 0. The lowest BCUT2D eigenvalue weighted by molar-refractivity contribution is -0.137. The molecule has 0 radical (unpaired) electrons. The van der Waals surface area contributed by atoms with Crippen molar-refractivity contribution in [2.75, 3.05) is 11.9 Å². The van der Waals surface area contributed by atoms with Gasteiger partial charge in [-0.3, -0.25) is 0 Å². The molecule has 17 heavy (non-hydrogen) atoms. The van der Waals surface area contributed by atoms with Crippen LogP contribution in [0.4, 0.5) is 0 Å². The van der Waals surface area contributed by atoms with Crippen molar-refractivity contribution >= 4 is 37.8 Å². The van der Waals surface area contributed by atoms with Crippen LogP contribution in [0.15, 0.2) is 40.6 Å². The molecule has 1 aromatic rings. The highest BCUT2D eigenvalue weighted by Gasteiger charge is 2.04. The first kappa shape index (κ1) is 14.3. The molecule has 0 N–H and O–H groups in total. The van der Waals surface area contributed by atoms with Gasteiger partial charge in [0.2, 0.25) is 0 Å². The van der Waals surface area contributed by atoms with Crippen LogP contribution in [0.5, 0.6) is 5.75 Å². The zero-order valence-corrected chi connectivity index (χ0v) is 12.5. The highest BCUT2D eigenvalue weighted by atomic mass is 79.9. The van der Waals surface area contributed by atoms with Crippen molar-refractivity contribution in [3.63, 3.8) is 0 Å². The summed E-state index contributed by atoms with van der Waals surface area (Å²) in [4.78, 5) is 11.3. The average Bonchev–Trinajstić information content (AvgIpc) is 2.28. The van der Waals surface area contributed by atoms with Crippen molar-refractivity contribution in [2.24, 2.45) is 0 Å². The molecule has 5 heteroatoms. The van der Waals surface area contributed by atoms with Gasteiger partial charge >= 0.3 is 5.97 Å². The maximum Gasteiger partial charge on any atom is 0.334 e. The third kappa shape index (κ3) is 5.37. The molecule has 0 spiro atoms. The van der Waals surface area contributed by atoms with Crippen LogP contribution in [0.25, 0.3) is 0 Å². The lowest BCUT2D eigenvalue weighted by atomic mass is 10.3. The number of rotatable bonds is 5. The van der Waals surface area contributed by atoms with E-state index in [0.717, 1.165) is 4.47 Å². The molecule has 0 atom stereocenters. The van der Waals surface area contributed by atoms with Gasteiger partial charge in [-0.25, -0.2) is 4.79 Å². The lowest BCUT2D eigenvalue weighted by Gasteiger charge is -2.07. The molecule has 92 valence electrons. The summed E-state index contributed by atoms with van der Waals surface area (Å²) in [6.07, 6.45) is 1.33. The molecular formula is C12H12Br2O3. The lowest BCUT2D eigenvalue weighted by Crippen LogP contribution is -2.05. The Bertz CT molecular complexity index is 416. The number of halogens is 2. The third-order valence-corrected chi connectivity index (χ3v) is 2.79. The van der Waals surface area contributed by atoms with Gasteiger partial charge in [-0.1, -0.05) is 37.9 Å². The maximum atomic E-state index is 11.3. The second-order valence-electron chi connectivity index (χ2n) is 3.06. The minimum atomic E-state index is -0.406. The number of hydrogen-bond acceptors (Lipinski definition) is 3. The smallest absolute Gasteiger partial charge is 0.334 e. The van der Waals surface area contributed by atoms with E-state index in [2.05, 4.69) is 31.9 Å². The van der Waals surface area contributed by atoms with E-state index in [0.29, 0.717) is 23.4 Å². The van der Waals surface area contributed by atoms with E-state index < -0.39 is 5.97 Å². The van der Waals surface area contributed by atoms with Crippen LogP contribution in [0.2, 0.25) is 0 Å². The van der Waals surface area contributed by atoms with Crippen LogP contribution in [-0.2, 0) is 9.53 Å². The van der Waals surface area contributed by atoms with Crippen molar-refractivity contribution in [1.29, 1.82) is 0 Å². The van der Waals surface area contributed by atoms with Gasteiger partial charge in [0.25, 0.3) is 0 Å². The minimum Gasteiger partial charge on any atom is -0.463 e. The number of carbonyl (C=O) groups is 1. The summed E-state index contributed by atoms with van der Waals surface area (Å²) in [5.41, 5.74) is 0. The maximum absolute atomic E-state index is 11.3. The summed E-state index contributed by atoms with van der Waals surface area (Å²) in [6.45, 7) is 2.11. The van der Waals surface area contributed by atoms with Crippen molar-refractivity contribution < 1.29 is 14.3 Å². The first-order chi connectivity index (χ1) is 8.15. The normalized spacial score (nSPS) is 11.1. The van der Waals surface area contributed by atoms with Crippen LogP contribution in [0, 0.1) is 0 Å². The fraction of sp³-hybridized carbons (Fsp3) is 0.250. The van der Waals surface area contributed by atoms with Crippen molar-refractivity contribution in [3.05, 3.63) is 40.6 Å². The molecule has 0 amide bonds. The first-order valence-electron chi connectivity index (χ1n) is 5.02. The highest BCUT2D eigenvalue weighted by Crippen LogP contribution is 2.20. The summed E-state index contributed by atoms with van der Waals surface area (Å²) in [6, 6.07) is 7.39. The van der Waals surface area contributed by atoms with Gasteiger partial charge in [0.1, 0.15) is 11.5 Å². The average molecular weight is 364 g/mol. The van der Waals surface area contributed by atoms with Crippen molar-refractivity contribution in [1.82, 2.24) is 0 Å². The molecule has 0 saturated carbocycles. The fourth-order valence-corrected chi connectivity index (χ4v) is 1.75. The number of alkyl halides is 1. The van der Waals surface area contributed by atoms with Gasteiger partial charge in [-0.05, 0) is 25.1 Å². The molecule has 0 heterocycles. The summed E-state index contributed by atoms with van der Waals surface area (Å²) < 4.78 is 11.3. The Morgan fingerprint density at radius 1 is 1.47 bits per heavy atom. The Labute approximate surface area is 117 Å². The highest BCUT2D eigenvalue weighted by molar-refractivity contribution is 9.10. The van der Waals surface area contributed by atoms with E-state index in [4.69, 9.17) is 9.47 Å². The summed E-state index contributed by atoms with van der Waals surface area (Å²) in [5, 5.41) is 0.443. The van der Waals surface area contributed by atoms with E-state index in [1.165, 1.54) is 6.08 Å². The Kier molecular flexibility index (Phi) is 6.29. The standard InChI is InChI=1S/C12H12Br2O3/c1-2-16-12(15)7-11(8-13)17-10-5-3-4-9(14)6-10/h3-7H,2,8H2,1H3. The molecule has 0 unspecified atom stereocenters. The van der Waals surface area contributed by atoms with Crippen molar-refractivity contribution in [3.8, 4) is 5.75 Å². The molecule has 0 fully saturated rings. The molecular weight excluding hydrogens is 352 g/mol. The van der Waals surface area contributed by atoms with Gasteiger partial charge < -0.3 is 9.47 Å². The van der Waals surface area contributed by atoms with E-state index in [-0.39, 0.29) is 0 Å². The molecule has 0 aromatic heterocycles. The minimum absolute atomic E-state index is 0.349. The zero-order valence-electron chi connectivity index (χ0n) is 9.28. The topological polar surface area (TPSA) is 35.5 Å². The number of ether oxygens (including phenoxy) is 2. The Hall–Kier alpha value is -0.810. The predicted molar refractivity (Wildman–Crippen MR) is 73.3 cm³/mol. The molecule has 1 rings (SSSR count).